The van der Waals surface area contributed by atoms with Crippen molar-refractivity contribution in [2.75, 3.05) is 6.54 Å². The van der Waals surface area contributed by atoms with E-state index in [0.29, 0.717) is 18.5 Å². The molecule has 1 fully saturated rings. The highest BCUT2D eigenvalue weighted by atomic mass is 16.3. The minimum absolute atomic E-state index is 0.137. The van der Waals surface area contributed by atoms with Gasteiger partial charge in [0.05, 0.1) is 11.6 Å². The van der Waals surface area contributed by atoms with E-state index in [0.717, 1.165) is 27.2 Å². The second kappa shape index (κ2) is 7.43. The minimum atomic E-state index is -0.644. The number of benzene rings is 3. The number of ketones is 1. The number of fused-ring (bicyclic) bond motifs is 2. The van der Waals surface area contributed by atoms with Crippen molar-refractivity contribution in [2.45, 2.75) is 19.4 Å². The number of nitrogens with one attached hydrogen (secondary N) is 1. The van der Waals surface area contributed by atoms with Crippen molar-refractivity contribution >= 4 is 39.1 Å². The molecule has 1 atom stereocenters. The summed E-state index contributed by atoms with van der Waals surface area (Å²) in [4.78, 5) is 30.8. The molecule has 0 saturated carbocycles. The van der Waals surface area contributed by atoms with Gasteiger partial charge in [0.15, 0.2) is 0 Å². The van der Waals surface area contributed by atoms with Gasteiger partial charge in [-0.25, -0.2) is 0 Å². The molecule has 0 bridgehead atoms. The molecule has 5 rings (SSSR count). The van der Waals surface area contributed by atoms with Crippen molar-refractivity contribution in [3.63, 3.8) is 0 Å². The predicted octanol–water partition coefficient (Wildman–Crippen LogP) is 5.15. The second-order valence-electron chi connectivity index (χ2n) is 7.84. The van der Waals surface area contributed by atoms with Crippen LogP contribution in [-0.4, -0.2) is 33.2 Å². The Bertz CT molecular complexity index is 1370. The maximum absolute atomic E-state index is 13.1. The van der Waals surface area contributed by atoms with Crippen LogP contribution in [0, 0.1) is 0 Å². The number of amides is 1. The summed E-state index contributed by atoms with van der Waals surface area (Å²) in [6.07, 6.45) is 2.54. The fourth-order valence-corrected chi connectivity index (χ4v) is 4.49. The lowest BCUT2D eigenvalue weighted by Crippen LogP contribution is -2.30. The van der Waals surface area contributed by atoms with E-state index in [1.54, 1.807) is 11.0 Å². The number of hydrogen-bond donors (Lipinski definition) is 2. The van der Waals surface area contributed by atoms with Gasteiger partial charge in [-0.15, -0.1) is 0 Å². The van der Waals surface area contributed by atoms with Gasteiger partial charge in [0.1, 0.15) is 5.76 Å². The quantitative estimate of drug-likeness (QED) is 0.277. The standard InChI is InChI=1S/C26H22N2O3/c1-2-13-28-23(20-15-27-21-10-6-5-9-19(20)21)22(25(30)26(28)31)24(29)18-12-11-16-7-3-4-8-17(16)14-18/h3-12,14-15,23,27,29H,2,13H2,1H3/b24-22+. The van der Waals surface area contributed by atoms with Crippen LogP contribution >= 0.6 is 0 Å². The number of carbonyl (C=O) groups is 2. The van der Waals surface area contributed by atoms with Crippen molar-refractivity contribution in [1.82, 2.24) is 9.88 Å². The Hall–Kier alpha value is -3.86. The molecule has 0 spiro atoms. The van der Waals surface area contributed by atoms with Crippen LogP contribution in [0.3, 0.4) is 0 Å². The normalized spacial score (nSPS) is 18.4. The van der Waals surface area contributed by atoms with Gasteiger partial charge < -0.3 is 15.0 Å². The molecule has 0 aliphatic carbocycles. The third kappa shape index (κ3) is 3.01. The van der Waals surface area contributed by atoms with E-state index in [9.17, 15) is 14.7 Å². The first kappa shape index (κ1) is 19.1. The summed E-state index contributed by atoms with van der Waals surface area (Å²) in [5, 5.41) is 14.2. The van der Waals surface area contributed by atoms with E-state index in [-0.39, 0.29) is 11.3 Å². The molecule has 5 nitrogen and oxygen atoms in total. The van der Waals surface area contributed by atoms with Crippen LogP contribution in [0.15, 0.2) is 78.5 Å². The first-order valence-electron chi connectivity index (χ1n) is 10.4. The number of rotatable bonds is 4. The van der Waals surface area contributed by atoms with Crippen LogP contribution in [0.5, 0.6) is 0 Å². The van der Waals surface area contributed by atoms with E-state index >= 15 is 0 Å². The SMILES string of the molecule is CCCN1C(=O)C(=O)/C(=C(/O)c2ccc3ccccc3c2)C1c1c[nH]c2ccccc12. The molecule has 4 aromatic rings. The molecular formula is C26H22N2O3. The molecule has 1 unspecified atom stereocenters. The summed E-state index contributed by atoms with van der Waals surface area (Å²) in [6.45, 7) is 2.40. The molecule has 1 saturated heterocycles. The number of carbonyl (C=O) groups excluding carboxylic acids is 2. The topological polar surface area (TPSA) is 73.4 Å². The largest absolute Gasteiger partial charge is 0.507 e. The molecule has 1 amide bonds. The number of aliphatic hydroxyl groups excluding tert-OH is 1. The maximum Gasteiger partial charge on any atom is 0.295 e. The predicted molar refractivity (Wildman–Crippen MR) is 122 cm³/mol. The molecular weight excluding hydrogens is 388 g/mol. The Kier molecular flexibility index (Phi) is 4.59. The average Bonchev–Trinajstić information content (AvgIpc) is 3.33. The zero-order valence-electron chi connectivity index (χ0n) is 17.1. The number of aromatic nitrogens is 1. The first-order valence-corrected chi connectivity index (χ1v) is 10.4. The Balaban J connectivity index is 1.73. The fourth-order valence-electron chi connectivity index (χ4n) is 4.49. The van der Waals surface area contributed by atoms with Crippen molar-refractivity contribution < 1.29 is 14.7 Å². The number of nitrogens with zero attached hydrogens (tertiary/aromatic N) is 1. The summed E-state index contributed by atoms with van der Waals surface area (Å²) in [5.41, 5.74) is 2.40. The lowest BCUT2D eigenvalue weighted by Gasteiger charge is -2.24. The lowest BCUT2D eigenvalue weighted by atomic mass is 9.94. The molecule has 154 valence electrons. The molecule has 3 aromatic carbocycles. The van der Waals surface area contributed by atoms with E-state index < -0.39 is 17.7 Å². The lowest BCUT2D eigenvalue weighted by molar-refractivity contribution is -0.139. The van der Waals surface area contributed by atoms with Gasteiger partial charge >= 0.3 is 0 Å². The number of H-pyrrole nitrogens is 1. The van der Waals surface area contributed by atoms with Crippen LogP contribution in [0.25, 0.3) is 27.4 Å². The number of aliphatic hydroxyl groups is 1. The Morgan fingerprint density at radius 1 is 1.00 bits per heavy atom. The monoisotopic (exact) mass is 410 g/mol. The summed E-state index contributed by atoms with van der Waals surface area (Å²) in [6, 6.07) is 20.5. The third-order valence-electron chi connectivity index (χ3n) is 5.94. The molecule has 1 aromatic heterocycles. The van der Waals surface area contributed by atoms with Crippen molar-refractivity contribution in [3.05, 3.63) is 89.6 Å². The van der Waals surface area contributed by atoms with Crippen molar-refractivity contribution in [2.24, 2.45) is 0 Å². The van der Waals surface area contributed by atoms with Crippen molar-refractivity contribution in [1.29, 1.82) is 0 Å². The van der Waals surface area contributed by atoms with Crippen LogP contribution in [0.4, 0.5) is 0 Å². The fraction of sp³-hybridized carbons (Fsp3) is 0.154. The van der Waals surface area contributed by atoms with Crippen LogP contribution < -0.4 is 0 Å². The molecule has 1 aliphatic heterocycles. The van der Waals surface area contributed by atoms with E-state index in [2.05, 4.69) is 4.98 Å². The van der Waals surface area contributed by atoms with E-state index in [1.165, 1.54) is 0 Å². The average molecular weight is 410 g/mol. The number of likely N-dealkylation sites (tertiary alicyclic amines) is 1. The molecule has 31 heavy (non-hydrogen) atoms. The summed E-state index contributed by atoms with van der Waals surface area (Å²) in [7, 11) is 0. The van der Waals surface area contributed by atoms with Gasteiger partial charge in [0.2, 0.25) is 0 Å². The zero-order valence-corrected chi connectivity index (χ0v) is 17.1. The van der Waals surface area contributed by atoms with Gasteiger partial charge in [0.25, 0.3) is 11.7 Å². The zero-order chi connectivity index (χ0) is 21.5. The van der Waals surface area contributed by atoms with E-state index in [1.807, 2.05) is 73.8 Å². The van der Waals surface area contributed by atoms with Gasteiger partial charge in [-0.05, 0) is 29.3 Å². The summed E-state index contributed by atoms with van der Waals surface area (Å²) >= 11 is 0. The van der Waals surface area contributed by atoms with Crippen LogP contribution in [0.1, 0.15) is 30.5 Å². The highest BCUT2D eigenvalue weighted by Gasteiger charge is 2.46. The number of aromatic amines is 1. The smallest absolute Gasteiger partial charge is 0.295 e. The van der Waals surface area contributed by atoms with Crippen LogP contribution in [-0.2, 0) is 9.59 Å². The number of para-hydroxylation sites is 1. The Morgan fingerprint density at radius 3 is 2.55 bits per heavy atom. The Morgan fingerprint density at radius 2 is 1.74 bits per heavy atom. The van der Waals surface area contributed by atoms with Crippen LogP contribution in [0.2, 0.25) is 0 Å². The summed E-state index contributed by atoms with van der Waals surface area (Å²) < 4.78 is 0. The maximum atomic E-state index is 13.1. The molecule has 0 radical (unpaired) electrons. The van der Waals surface area contributed by atoms with E-state index in [4.69, 9.17) is 0 Å². The number of hydrogen-bond acceptors (Lipinski definition) is 3. The number of Topliss-reactive ketones (excluding diaryl/α,β-unsaturated/α-hetero) is 1. The first-order chi connectivity index (χ1) is 15.1. The van der Waals surface area contributed by atoms with Crippen molar-refractivity contribution in [3.8, 4) is 0 Å². The highest BCUT2D eigenvalue weighted by molar-refractivity contribution is 6.46. The molecule has 5 heteroatoms. The van der Waals surface area contributed by atoms with Gasteiger partial charge in [0, 0.05) is 34.8 Å². The second-order valence-corrected chi connectivity index (χ2v) is 7.84. The van der Waals surface area contributed by atoms with Gasteiger partial charge in [-0.3, -0.25) is 9.59 Å². The molecule has 2 heterocycles. The molecule has 2 N–H and O–H groups in total. The third-order valence-corrected chi connectivity index (χ3v) is 5.94. The van der Waals surface area contributed by atoms with Gasteiger partial charge in [-0.1, -0.05) is 61.5 Å². The highest BCUT2D eigenvalue weighted by Crippen LogP contribution is 2.42. The minimum Gasteiger partial charge on any atom is -0.507 e. The van der Waals surface area contributed by atoms with Gasteiger partial charge in [-0.2, -0.15) is 0 Å². The molecule has 1 aliphatic rings. The Labute approximate surface area is 179 Å². The summed E-state index contributed by atoms with van der Waals surface area (Å²) in [5.74, 6) is -1.35.